The molecule has 2 N–H and O–H groups in total. The summed E-state index contributed by atoms with van der Waals surface area (Å²) >= 11 is 2.95. The number of methoxy groups -OCH3 is 1. The number of H-pyrrole nitrogens is 1. The molecule has 30 heavy (non-hydrogen) atoms. The number of anilines is 2. The normalized spacial score (nSPS) is 11.1. The van der Waals surface area contributed by atoms with Gasteiger partial charge in [0.2, 0.25) is 0 Å². The van der Waals surface area contributed by atoms with E-state index in [0.29, 0.717) is 5.82 Å². The van der Waals surface area contributed by atoms with E-state index in [2.05, 4.69) is 19.9 Å². The molecule has 0 unspecified atom stereocenters. The van der Waals surface area contributed by atoms with Gasteiger partial charge in [-0.3, -0.25) is 5.10 Å². The molecule has 150 valence electrons. The summed E-state index contributed by atoms with van der Waals surface area (Å²) in [6.07, 6.45) is 7.52. The maximum absolute atomic E-state index is 5.34. The molecular formula is C20H17N7OS2. The topological polar surface area (TPSA) is 93.0 Å². The summed E-state index contributed by atoms with van der Waals surface area (Å²) in [4.78, 5) is 10.6. The largest absolute Gasteiger partial charge is 0.497 e. The van der Waals surface area contributed by atoms with Gasteiger partial charge in [-0.25, -0.2) is 9.97 Å². The van der Waals surface area contributed by atoms with Gasteiger partial charge < -0.3 is 14.5 Å². The first kappa shape index (κ1) is 18.6. The molecule has 0 amide bonds. The van der Waals surface area contributed by atoms with Crippen LogP contribution >= 0.6 is 23.3 Å². The Morgan fingerprint density at radius 3 is 2.90 bits per heavy atom. The van der Waals surface area contributed by atoms with Crippen molar-refractivity contribution in [3.8, 4) is 17.0 Å². The maximum atomic E-state index is 5.34. The molecule has 8 nitrogen and oxygen atoms in total. The third kappa shape index (κ3) is 3.74. The predicted octanol–water partition coefficient (Wildman–Crippen LogP) is 4.79. The monoisotopic (exact) mass is 435 g/mol. The Bertz CT molecular complexity index is 1310. The van der Waals surface area contributed by atoms with Crippen LogP contribution in [0.5, 0.6) is 5.75 Å². The van der Waals surface area contributed by atoms with E-state index < -0.39 is 0 Å². The minimum Gasteiger partial charge on any atom is -0.497 e. The van der Waals surface area contributed by atoms with Crippen molar-refractivity contribution in [1.82, 2.24) is 28.9 Å². The number of imidazole rings is 1. The second kappa shape index (κ2) is 7.81. The fourth-order valence-electron chi connectivity index (χ4n) is 2.96. The number of aromatic amines is 1. The number of aromatic nitrogens is 6. The number of ether oxygens (including phenoxy) is 1. The van der Waals surface area contributed by atoms with Gasteiger partial charge in [0.15, 0.2) is 11.5 Å². The number of hydrogen-bond donors (Lipinski definition) is 2. The molecule has 0 spiro atoms. The molecule has 5 rings (SSSR count). The fraction of sp³-hybridized carbons (Fsp3) is 0.100. The van der Waals surface area contributed by atoms with E-state index in [1.54, 1.807) is 25.1 Å². The molecule has 0 aliphatic heterocycles. The van der Waals surface area contributed by atoms with Crippen molar-refractivity contribution in [1.29, 1.82) is 0 Å². The lowest BCUT2D eigenvalue weighted by Crippen LogP contribution is -1.98. The van der Waals surface area contributed by atoms with Crippen LogP contribution in [0.4, 0.5) is 10.8 Å². The van der Waals surface area contributed by atoms with Crippen molar-refractivity contribution >= 4 is 39.8 Å². The van der Waals surface area contributed by atoms with E-state index in [1.165, 1.54) is 11.5 Å². The molecular weight excluding hydrogens is 418 g/mol. The van der Waals surface area contributed by atoms with E-state index in [0.717, 1.165) is 43.3 Å². The fourth-order valence-corrected chi connectivity index (χ4v) is 4.49. The van der Waals surface area contributed by atoms with Crippen LogP contribution in [0, 0.1) is 6.92 Å². The first-order valence-corrected chi connectivity index (χ1v) is 10.7. The molecule has 0 aliphatic carbocycles. The minimum absolute atomic E-state index is 0.668. The molecule has 1 aromatic carbocycles. The van der Waals surface area contributed by atoms with E-state index >= 15 is 0 Å². The number of aryl methyl sites for hydroxylation is 1. The predicted molar refractivity (Wildman–Crippen MR) is 118 cm³/mol. The Morgan fingerprint density at radius 2 is 2.13 bits per heavy atom. The maximum Gasteiger partial charge on any atom is 0.181 e. The van der Waals surface area contributed by atoms with Crippen LogP contribution in [0.25, 0.3) is 16.9 Å². The number of nitrogens with zero attached hydrogens (tertiary/aromatic N) is 5. The van der Waals surface area contributed by atoms with Crippen molar-refractivity contribution in [2.75, 3.05) is 12.4 Å². The Balaban J connectivity index is 1.58. The van der Waals surface area contributed by atoms with Gasteiger partial charge in [-0.15, -0.1) is 0 Å². The third-order valence-electron chi connectivity index (χ3n) is 4.34. The van der Waals surface area contributed by atoms with Gasteiger partial charge >= 0.3 is 0 Å². The van der Waals surface area contributed by atoms with Gasteiger partial charge in [-0.2, -0.15) is 9.47 Å². The van der Waals surface area contributed by atoms with Crippen LogP contribution in [0.1, 0.15) is 5.69 Å². The summed E-state index contributed by atoms with van der Waals surface area (Å²) in [6, 6.07) is 9.90. The molecule has 0 radical (unpaired) electrons. The van der Waals surface area contributed by atoms with E-state index in [-0.39, 0.29) is 0 Å². The Labute approximate surface area is 180 Å². The SMILES string of the molecule is COc1cccc(Sc2cn3cc(-c4cn[nH]c4)nc3c(Nc3cc(C)ns3)n2)c1. The molecule has 4 aromatic heterocycles. The second-order valence-corrected chi connectivity index (χ2v) is 8.41. The Kier molecular flexibility index (Phi) is 4.85. The molecule has 0 fully saturated rings. The van der Waals surface area contributed by atoms with Gasteiger partial charge in [-0.1, -0.05) is 17.8 Å². The van der Waals surface area contributed by atoms with Gasteiger partial charge in [0.05, 0.1) is 24.7 Å². The van der Waals surface area contributed by atoms with Gasteiger partial charge in [-0.05, 0) is 42.7 Å². The summed E-state index contributed by atoms with van der Waals surface area (Å²) in [5.74, 6) is 1.48. The highest BCUT2D eigenvalue weighted by Gasteiger charge is 2.14. The quantitative estimate of drug-likeness (QED) is 0.396. The van der Waals surface area contributed by atoms with E-state index in [1.807, 2.05) is 60.2 Å². The molecule has 0 atom stereocenters. The third-order valence-corrected chi connectivity index (χ3v) is 6.03. The molecule has 0 bridgehead atoms. The lowest BCUT2D eigenvalue weighted by Gasteiger charge is -2.08. The zero-order valence-corrected chi connectivity index (χ0v) is 17.8. The van der Waals surface area contributed by atoms with Crippen molar-refractivity contribution in [3.05, 3.63) is 60.8 Å². The first-order valence-electron chi connectivity index (χ1n) is 9.09. The van der Waals surface area contributed by atoms with Crippen LogP contribution in [-0.2, 0) is 0 Å². The lowest BCUT2D eigenvalue weighted by molar-refractivity contribution is 0.413. The average Bonchev–Trinajstić information content (AvgIpc) is 3.49. The van der Waals surface area contributed by atoms with Gasteiger partial charge in [0.1, 0.15) is 15.8 Å². The number of nitrogens with one attached hydrogen (secondary N) is 2. The van der Waals surface area contributed by atoms with E-state index in [9.17, 15) is 0 Å². The summed E-state index contributed by atoms with van der Waals surface area (Å²) in [7, 11) is 1.66. The van der Waals surface area contributed by atoms with Crippen molar-refractivity contribution in [3.63, 3.8) is 0 Å². The van der Waals surface area contributed by atoms with E-state index in [4.69, 9.17) is 14.7 Å². The smallest absolute Gasteiger partial charge is 0.181 e. The molecule has 0 aliphatic rings. The first-order chi connectivity index (χ1) is 14.7. The van der Waals surface area contributed by atoms with Gasteiger partial charge in [0, 0.05) is 29.0 Å². The van der Waals surface area contributed by atoms with Crippen molar-refractivity contribution in [2.45, 2.75) is 16.8 Å². The zero-order chi connectivity index (χ0) is 20.5. The van der Waals surface area contributed by atoms with Crippen LogP contribution in [0.3, 0.4) is 0 Å². The lowest BCUT2D eigenvalue weighted by atomic mass is 10.3. The number of fused-ring (bicyclic) bond motifs is 1. The van der Waals surface area contributed by atoms with Crippen molar-refractivity contribution in [2.24, 2.45) is 0 Å². The summed E-state index contributed by atoms with van der Waals surface area (Å²) in [5, 5.41) is 12.0. The van der Waals surface area contributed by atoms with Crippen LogP contribution < -0.4 is 10.1 Å². The molecule has 4 heterocycles. The second-order valence-electron chi connectivity index (χ2n) is 6.51. The number of benzene rings is 1. The number of rotatable bonds is 6. The number of hydrogen-bond acceptors (Lipinski definition) is 8. The summed E-state index contributed by atoms with van der Waals surface area (Å²) in [5.41, 5.74) is 3.42. The molecule has 5 aromatic rings. The van der Waals surface area contributed by atoms with Crippen LogP contribution in [-0.4, -0.2) is 36.0 Å². The zero-order valence-electron chi connectivity index (χ0n) is 16.2. The highest BCUT2D eigenvalue weighted by molar-refractivity contribution is 7.99. The average molecular weight is 436 g/mol. The standard InChI is InChI=1S/C20H17N7OS2/c1-12-6-17(30-26-12)24-19-20-23-16(13-8-21-22-9-13)10-27(20)11-18(25-19)29-15-5-3-4-14(7-15)28-2/h3-11H,1-2H3,(H,21,22)(H,24,25). The Morgan fingerprint density at radius 1 is 1.20 bits per heavy atom. The highest BCUT2D eigenvalue weighted by Crippen LogP contribution is 2.32. The van der Waals surface area contributed by atoms with Gasteiger partial charge in [0.25, 0.3) is 0 Å². The van der Waals surface area contributed by atoms with Crippen LogP contribution in [0.15, 0.2) is 65.0 Å². The molecule has 0 saturated heterocycles. The molecule has 10 heteroatoms. The molecule has 0 saturated carbocycles. The summed E-state index contributed by atoms with van der Waals surface area (Å²) in [6.45, 7) is 1.96. The Hall–Kier alpha value is -3.37. The summed E-state index contributed by atoms with van der Waals surface area (Å²) < 4.78 is 11.7. The highest BCUT2D eigenvalue weighted by atomic mass is 32.2. The van der Waals surface area contributed by atoms with Crippen LogP contribution in [0.2, 0.25) is 0 Å². The minimum atomic E-state index is 0.668. The van der Waals surface area contributed by atoms with Crippen molar-refractivity contribution < 1.29 is 4.74 Å².